The molecule has 1 atom stereocenters. The topological polar surface area (TPSA) is 98.5 Å². The number of esters is 1. The van der Waals surface area contributed by atoms with E-state index in [-0.39, 0.29) is 6.42 Å². The summed E-state index contributed by atoms with van der Waals surface area (Å²) < 4.78 is 4.85. The van der Waals surface area contributed by atoms with Gasteiger partial charge in [-0.1, -0.05) is 29.3 Å². The minimum Gasteiger partial charge on any atom is -0.452 e. The van der Waals surface area contributed by atoms with Gasteiger partial charge in [0.15, 0.2) is 6.10 Å². The lowest BCUT2D eigenvalue weighted by atomic mass is 10.1. The van der Waals surface area contributed by atoms with Crippen LogP contribution in [-0.4, -0.2) is 24.0 Å². The molecule has 0 radical (unpaired) electrons. The van der Waals surface area contributed by atoms with Crippen LogP contribution in [0.15, 0.2) is 18.2 Å². The first kappa shape index (κ1) is 16.3. The van der Waals surface area contributed by atoms with Crippen LogP contribution < -0.4 is 11.1 Å². The summed E-state index contributed by atoms with van der Waals surface area (Å²) in [6.07, 6.45) is -1.26. The maximum atomic E-state index is 11.6. The SMILES string of the molecule is C[C@H](OC(=O)Cc1ccc(Cl)cc1Cl)C(=O)NC(N)=O. The van der Waals surface area contributed by atoms with Gasteiger partial charge in [0.05, 0.1) is 6.42 Å². The number of halogens is 2. The Morgan fingerprint density at radius 3 is 2.55 bits per heavy atom. The van der Waals surface area contributed by atoms with Crippen molar-refractivity contribution in [3.05, 3.63) is 33.8 Å². The molecule has 108 valence electrons. The summed E-state index contributed by atoms with van der Waals surface area (Å²) in [7, 11) is 0. The smallest absolute Gasteiger partial charge is 0.318 e. The maximum absolute atomic E-state index is 11.6. The van der Waals surface area contributed by atoms with Gasteiger partial charge in [-0.15, -0.1) is 0 Å². The Bertz CT molecular complexity index is 548. The lowest BCUT2D eigenvalue weighted by Crippen LogP contribution is -2.42. The summed E-state index contributed by atoms with van der Waals surface area (Å²) in [5.74, 6) is -1.46. The minimum atomic E-state index is -1.14. The number of nitrogens with two attached hydrogens (primary N) is 1. The third kappa shape index (κ3) is 5.07. The van der Waals surface area contributed by atoms with Crippen molar-refractivity contribution < 1.29 is 19.1 Å². The van der Waals surface area contributed by atoms with E-state index in [2.05, 4.69) is 0 Å². The van der Waals surface area contributed by atoms with Crippen molar-refractivity contribution >= 4 is 41.1 Å². The Kier molecular flexibility index (Phi) is 5.79. The van der Waals surface area contributed by atoms with Crippen LogP contribution in [-0.2, 0) is 20.7 Å². The molecule has 0 aromatic heterocycles. The van der Waals surface area contributed by atoms with Gasteiger partial charge in [-0.05, 0) is 24.6 Å². The van der Waals surface area contributed by atoms with E-state index in [1.165, 1.54) is 13.0 Å². The van der Waals surface area contributed by atoms with Crippen molar-refractivity contribution in [3.8, 4) is 0 Å². The van der Waals surface area contributed by atoms with Gasteiger partial charge in [0.2, 0.25) is 0 Å². The minimum absolute atomic E-state index is 0.121. The van der Waals surface area contributed by atoms with Gasteiger partial charge in [0.25, 0.3) is 5.91 Å². The highest BCUT2D eigenvalue weighted by Crippen LogP contribution is 2.21. The highest BCUT2D eigenvalue weighted by molar-refractivity contribution is 6.35. The molecule has 3 N–H and O–H groups in total. The fourth-order valence-corrected chi connectivity index (χ4v) is 1.81. The van der Waals surface area contributed by atoms with Crippen molar-refractivity contribution in [1.29, 1.82) is 0 Å². The highest BCUT2D eigenvalue weighted by atomic mass is 35.5. The van der Waals surface area contributed by atoms with Crippen LogP contribution in [0.2, 0.25) is 10.0 Å². The average Bonchev–Trinajstić information content (AvgIpc) is 2.31. The van der Waals surface area contributed by atoms with E-state index in [0.717, 1.165) is 0 Å². The second kappa shape index (κ2) is 7.12. The van der Waals surface area contributed by atoms with Crippen molar-refractivity contribution in [2.45, 2.75) is 19.4 Å². The van der Waals surface area contributed by atoms with E-state index in [0.29, 0.717) is 15.6 Å². The van der Waals surface area contributed by atoms with Crippen molar-refractivity contribution in [3.63, 3.8) is 0 Å². The first-order valence-corrected chi connectivity index (χ1v) is 6.29. The Labute approximate surface area is 125 Å². The molecule has 1 rings (SSSR count). The summed E-state index contributed by atoms with van der Waals surface area (Å²) in [4.78, 5) is 33.4. The van der Waals surface area contributed by atoms with Gasteiger partial charge in [0.1, 0.15) is 0 Å². The molecule has 0 spiro atoms. The number of amides is 3. The number of urea groups is 1. The molecule has 1 aromatic rings. The first-order chi connectivity index (χ1) is 9.29. The van der Waals surface area contributed by atoms with Crippen molar-refractivity contribution in [2.75, 3.05) is 0 Å². The fraction of sp³-hybridized carbons (Fsp3) is 0.250. The molecule has 0 aliphatic carbocycles. The molecule has 0 fully saturated rings. The molecule has 20 heavy (non-hydrogen) atoms. The molecule has 0 aliphatic heterocycles. The molecule has 0 heterocycles. The highest BCUT2D eigenvalue weighted by Gasteiger charge is 2.19. The van der Waals surface area contributed by atoms with Crippen LogP contribution in [0.4, 0.5) is 4.79 Å². The number of benzene rings is 1. The number of primary amides is 1. The number of ether oxygens (including phenoxy) is 1. The largest absolute Gasteiger partial charge is 0.452 e. The molecular formula is C12H12Cl2N2O4. The summed E-state index contributed by atoms with van der Waals surface area (Å²) in [6.45, 7) is 1.32. The number of hydrogen-bond acceptors (Lipinski definition) is 4. The number of hydrogen-bond donors (Lipinski definition) is 2. The molecule has 0 bridgehead atoms. The zero-order valence-electron chi connectivity index (χ0n) is 10.5. The number of carbonyl (C=O) groups is 3. The summed E-state index contributed by atoms with van der Waals surface area (Å²) >= 11 is 11.6. The molecule has 3 amide bonds. The predicted molar refractivity (Wildman–Crippen MR) is 73.4 cm³/mol. The summed E-state index contributed by atoms with van der Waals surface area (Å²) in [6, 6.07) is 3.65. The monoisotopic (exact) mass is 318 g/mol. The Morgan fingerprint density at radius 1 is 1.35 bits per heavy atom. The van der Waals surface area contributed by atoms with Gasteiger partial charge in [-0.25, -0.2) is 4.79 Å². The van der Waals surface area contributed by atoms with E-state index in [1.54, 1.807) is 12.1 Å². The molecule has 0 saturated carbocycles. The van der Waals surface area contributed by atoms with E-state index in [1.807, 2.05) is 5.32 Å². The van der Waals surface area contributed by atoms with E-state index < -0.39 is 24.0 Å². The predicted octanol–water partition coefficient (Wildman–Crippen LogP) is 1.66. The first-order valence-electron chi connectivity index (χ1n) is 5.53. The van der Waals surface area contributed by atoms with E-state index in [9.17, 15) is 14.4 Å². The second-order valence-corrected chi connectivity index (χ2v) is 4.74. The van der Waals surface area contributed by atoms with Gasteiger partial charge in [-0.2, -0.15) is 0 Å². The zero-order chi connectivity index (χ0) is 15.3. The van der Waals surface area contributed by atoms with Crippen molar-refractivity contribution in [1.82, 2.24) is 5.32 Å². The molecule has 0 unspecified atom stereocenters. The van der Waals surface area contributed by atoms with Gasteiger partial charge in [-0.3, -0.25) is 14.9 Å². The average molecular weight is 319 g/mol. The normalized spacial score (nSPS) is 11.6. The third-order valence-corrected chi connectivity index (χ3v) is 2.86. The molecular weight excluding hydrogens is 307 g/mol. The zero-order valence-corrected chi connectivity index (χ0v) is 12.0. The van der Waals surface area contributed by atoms with Crippen LogP contribution in [0.3, 0.4) is 0 Å². The number of imide groups is 1. The molecule has 0 aliphatic rings. The van der Waals surface area contributed by atoms with Crippen LogP contribution in [0, 0.1) is 0 Å². The Balaban J connectivity index is 2.59. The second-order valence-electron chi connectivity index (χ2n) is 3.90. The molecule has 8 heteroatoms. The van der Waals surface area contributed by atoms with Gasteiger partial charge in [0, 0.05) is 10.0 Å². The molecule has 1 aromatic carbocycles. The lowest BCUT2D eigenvalue weighted by Gasteiger charge is -2.12. The maximum Gasteiger partial charge on any atom is 0.318 e. The lowest BCUT2D eigenvalue weighted by molar-refractivity contribution is -0.153. The number of carbonyl (C=O) groups excluding carboxylic acids is 3. The number of nitrogens with one attached hydrogen (secondary N) is 1. The quantitative estimate of drug-likeness (QED) is 0.825. The molecule has 0 saturated heterocycles. The van der Waals surface area contributed by atoms with Crippen LogP contribution in [0.25, 0.3) is 0 Å². The van der Waals surface area contributed by atoms with Crippen LogP contribution in [0.1, 0.15) is 12.5 Å². The third-order valence-electron chi connectivity index (χ3n) is 2.27. The van der Waals surface area contributed by atoms with Gasteiger partial charge >= 0.3 is 12.0 Å². The summed E-state index contributed by atoms with van der Waals surface area (Å²) in [5.41, 5.74) is 5.30. The van der Waals surface area contributed by atoms with E-state index >= 15 is 0 Å². The van der Waals surface area contributed by atoms with Gasteiger partial charge < -0.3 is 10.5 Å². The van der Waals surface area contributed by atoms with Crippen LogP contribution in [0.5, 0.6) is 0 Å². The Hall–Kier alpha value is -1.79. The summed E-state index contributed by atoms with van der Waals surface area (Å²) in [5, 5.41) is 2.58. The molecule has 6 nitrogen and oxygen atoms in total. The van der Waals surface area contributed by atoms with E-state index in [4.69, 9.17) is 33.7 Å². The number of rotatable bonds is 4. The standard InChI is InChI=1S/C12H12Cl2N2O4/c1-6(11(18)16-12(15)19)20-10(17)4-7-2-3-8(13)5-9(7)14/h2-3,5-6H,4H2,1H3,(H3,15,16,18,19)/t6-/m0/s1. The fourth-order valence-electron chi connectivity index (χ4n) is 1.34. The Morgan fingerprint density at radius 2 is 2.00 bits per heavy atom. The van der Waals surface area contributed by atoms with Crippen LogP contribution >= 0.6 is 23.2 Å². The van der Waals surface area contributed by atoms with Crippen molar-refractivity contribution in [2.24, 2.45) is 5.73 Å².